The summed E-state index contributed by atoms with van der Waals surface area (Å²) in [6, 6.07) is 19.0. The predicted octanol–water partition coefficient (Wildman–Crippen LogP) is 5.81. The molecule has 1 N–H and O–H groups in total. The van der Waals surface area contributed by atoms with Crippen molar-refractivity contribution in [3.8, 4) is 17.2 Å². The standard InChI is InChI=1S/C31H33NO6/c1-6-37-26-14-13-23(15-20(26)4)29(33)27-28(22-10-8-11-24(17-22)36-5)32(31(35)30(27)34)18-21-9-7-12-25(16-21)38-19(2)3/h7-17,19,28,33H,6,18H2,1-5H3/b29-27-. The highest BCUT2D eigenvalue weighted by Gasteiger charge is 2.46. The Morgan fingerprint density at radius 3 is 2.42 bits per heavy atom. The van der Waals surface area contributed by atoms with Crippen LogP contribution in [-0.2, 0) is 16.1 Å². The van der Waals surface area contributed by atoms with Crippen LogP contribution in [0.2, 0.25) is 0 Å². The average molecular weight is 516 g/mol. The van der Waals surface area contributed by atoms with Crippen molar-refractivity contribution in [2.45, 2.75) is 46.4 Å². The summed E-state index contributed by atoms with van der Waals surface area (Å²) in [5, 5.41) is 11.4. The van der Waals surface area contributed by atoms with E-state index in [0.29, 0.717) is 35.0 Å². The molecular formula is C31H33NO6. The largest absolute Gasteiger partial charge is 0.507 e. The number of methoxy groups -OCH3 is 1. The lowest BCUT2D eigenvalue weighted by Gasteiger charge is -2.26. The van der Waals surface area contributed by atoms with Gasteiger partial charge in [-0.1, -0.05) is 24.3 Å². The van der Waals surface area contributed by atoms with Crippen molar-refractivity contribution in [2.24, 2.45) is 0 Å². The Hall–Kier alpha value is -4.26. The van der Waals surface area contributed by atoms with Crippen LogP contribution in [0.3, 0.4) is 0 Å². The number of nitrogens with zero attached hydrogens (tertiary/aromatic N) is 1. The monoisotopic (exact) mass is 515 g/mol. The third kappa shape index (κ3) is 5.52. The highest BCUT2D eigenvalue weighted by Crippen LogP contribution is 2.41. The first-order valence-corrected chi connectivity index (χ1v) is 12.6. The number of ketones is 1. The number of benzene rings is 3. The molecule has 1 unspecified atom stereocenters. The number of aliphatic hydroxyl groups is 1. The van der Waals surface area contributed by atoms with Gasteiger partial charge >= 0.3 is 0 Å². The van der Waals surface area contributed by atoms with Gasteiger partial charge in [0.05, 0.1) is 31.4 Å². The highest BCUT2D eigenvalue weighted by atomic mass is 16.5. The summed E-state index contributed by atoms with van der Waals surface area (Å²) in [5.41, 5.74) is 2.73. The molecule has 0 aromatic heterocycles. The van der Waals surface area contributed by atoms with E-state index in [1.807, 2.05) is 58.0 Å². The number of carbonyl (C=O) groups is 2. The molecule has 1 amide bonds. The third-order valence-electron chi connectivity index (χ3n) is 6.32. The van der Waals surface area contributed by atoms with E-state index in [1.54, 1.807) is 43.5 Å². The van der Waals surface area contributed by atoms with Crippen LogP contribution in [0, 0.1) is 6.92 Å². The first kappa shape index (κ1) is 26.8. The van der Waals surface area contributed by atoms with Crippen LogP contribution in [0.4, 0.5) is 0 Å². The fourth-order valence-corrected chi connectivity index (χ4v) is 4.66. The number of hydrogen-bond acceptors (Lipinski definition) is 6. The summed E-state index contributed by atoms with van der Waals surface area (Å²) in [7, 11) is 1.55. The van der Waals surface area contributed by atoms with Crippen molar-refractivity contribution >= 4 is 17.4 Å². The third-order valence-corrected chi connectivity index (χ3v) is 6.32. The molecule has 1 saturated heterocycles. The van der Waals surface area contributed by atoms with E-state index in [1.165, 1.54) is 4.90 Å². The van der Waals surface area contributed by atoms with E-state index in [0.717, 1.165) is 11.1 Å². The summed E-state index contributed by atoms with van der Waals surface area (Å²) in [6.45, 7) is 8.31. The summed E-state index contributed by atoms with van der Waals surface area (Å²) in [4.78, 5) is 28.3. The van der Waals surface area contributed by atoms with E-state index in [2.05, 4.69) is 0 Å². The van der Waals surface area contributed by atoms with Crippen LogP contribution in [0.15, 0.2) is 72.3 Å². The average Bonchev–Trinajstić information content (AvgIpc) is 3.14. The number of ether oxygens (including phenoxy) is 3. The summed E-state index contributed by atoms with van der Waals surface area (Å²) >= 11 is 0. The maximum atomic E-state index is 13.4. The molecule has 198 valence electrons. The number of carbonyl (C=O) groups excluding carboxylic acids is 2. The number of aryl methyl sites for hydroxylation is 1. The second kappa shape index (κ2) is 11.4. The van der Waals surface area contributed by atoms with Gasteiger partial charge in [-0.2, -0.15) is 0 Å². The number of hydrogen-bond donors (Lipinski definition) is 1. The van der Waals surface area contributed by atoms with Crippen molar-refractivity contribution < 1.29 is 28.9 Å². The van der Waals surface area contributed by atoms with Gasteiger partial charge in [0.2, 0.25) is 0 Å². The van der Waals surface area contributed by atoms with Crippen LogP contribution in [0.1, 0.15) is 49.1 Å². The van der Waals surface area contributed by atoms with Gasteiger partial charge in [0.25, 0.3) is 11.7 Å². The molecule has 38 heavy (non-hydrogen) atoms. The first-order chi connectivity index (χ1) is 18.2. The smallest absolute Gasteiger partial charge is 0.295 e. The number of likely N-dealkylation sites (tertiary alicyclic amines) is 1. The minimum atomic E-state index is -0.813. The normalized spacial score (nSPS) is 16.7. The molecule has 1 aliphatic rings. The minimum absolute atomic E-state index is 0.00571. The molecule has 0 saturated carbocycles. The second-order valence-electron chi connectivity index (χ2n) is 9.43. The number of rotatable bonds is 9. The molecule has 1 fully saturated rings. The van der Waals surface area contributed by atoms with E-state index in [9.17, 15) is 14.7 Å². The van der Waals surface area contributed by atoms with E-state index < -0.39 is 17.7 Å². The van der Waals surface area contributed by atoms with Crippen molar-refractivity contribution in [1.29, 1.82) is 0 Å². The SMILES string of the molecule is CCOc1ccc(/C(O)=C2/C(=O)C(=O)N(Cc3cccc(OC(C)C)c3)C2c2cccc(OC)c2)cc1C. The highest BCUT2D eigenvalue weighted by molar-refractivity contribution is 6.46. The summed E-state index contributed by atoms with van der Waals surface area (Å²) in [5.74, 6) is 0.293. The molecule has 3 aromatic rings. The number of Topliss-reactive ketones (excluding diaryl/α,β-unsaturated/α-hetero) is 1. The Balaban J connectivity index is 1.82. The van der Waals surface area contributed by atoms with Crippen molar-refractivity contribution in [1.82, 2.24) is 4.90 Å². The number of amides is 1. The zero-order chi connectivity index (χ0) is 27.4. The molecule has 1 aliphatic heterocycles. The molecule has 7 nitrogen and oxygen atoms in total. The van der Waals surface area contributed by atoms with Crippen molar-refractivity contribution in [3.63, 3.8) is 0 Å². The van der Waals surface area contributed by atoms with Crippen LogP contribution in [0.5, 0.6) is 17.2 Å². The molecule has 1 atom stereocenters. The van der Waals surface area contributed by atoms with Gasteiger partial charge in [-0.15, -0.1) is 0 Å². The summed E-state index contributed by atoms with van der Waals surface area (Å²) in [6.07, 6.45) is -0.00571. The lowest BCUT2D eigenvalue weighted by Crippen LogP contribution is -2.29. The van der Waals surface area contributed by atoms with E-state index in [4.69, 9.17) is 14.2 Å². The topological polar surface area (TPSA) is 85.3 Å². The van der Waals surface area contributed by atoms with E-state index >= 15 is 0 Å². The molecular weight excluding hydrogens is 482 g/mol. The van der Waals surface area contributed by atoms with Crippen molar-refractivity contribution in [2.75, 3.05) is 13.7 Å². The van der Waals surface area contributed by atoms with Crippen molar-refractivity contribution in [3.05, 3.63) is 94.6 Å². The fourth-order valence-electron chi connectivity index (χ4n) is 4.66. The molecule has 7 heteroatoms. The Morgan fingerprint density at radius 1 is 1.00 bits per heavy atom. The fraction of sp³-hybridized carbons (Fsp3) is 0.290. The van der Waals surface area contributed by atoms with Gasteiger partial charge in [-0.3, -0.25) is 9.59 Å². The van der Waals surface area contributed by atoms with Gasteiger partial charge in [0.1, 0.15) is 23.0 Å². The predicted molar refractivity (Wildman–Crippen MR) is 145 cm³/mol. The van der Waals surface area contributed by atoms with Crippen LogP contribution < -0.4 is 14.2 Å². The number of aliphatic hydroxyl groups excluding tert-OH is 1. The molecule has 1 heterocycles. The lowest BCUT2D eigenvalue weighted by molar-refractivity contribution is -0.140. The van der Waals surface area contributed by atoms with Gasteiger partial charge in [-0.05, 0) is 86.8 Å². The van der Waals surface area contributed by atoms with Gasteiger partial charge in [0.15, 0.2) is 0 Å². The lowest BCUT2D eigenvalue weighted by atomic mass is 9.94. The minimum Gasteiger partial charge on any atom is -0.507 e. The Bertz CT molecular complexity index is 1380. The quantitative estimate of drug-likeness (QED) is 0.220. The first-order valence-electron chi connectivity index (χ1n) is 12.6. The van der Waals surface area contributed by atoms with E-state index in [-0.39, 0.29) is 24.0 Å². The van der Waals surface area contributed by atoms with Gasteiger partial charge in [-0.25, -0.2) is 0 Å². The molecule has 0 radical (unpaired) electrons. The molecule has 4 rings (SSSR count). The zero-order valence-corrected chi connectivity index (χ0v) is 22.4. The van der Waals surface area contributed by atoms with Crippen LogP contribution in [0.25, 0.3) is 5.76 Å². The Kier molecular flexibility index (Phi) is 8.05. The van der Waals surface area contributed by atoms with Crippen LogP contribution in [-0.4, -0.2) is 41.5 Å². The van der Waals surface area contributed by atoms with Gasteiger partial charge in [0, 0.05) is 12.1 Å². The molecule has 0 spiro atoms. The maximum absolute atomic E-state index is 13.4. The van der Waals surface area contributed by atoms with Crippen LogP contribution >= 0.6 is 0 Å². The molecule has 0 bridgehead atoms. The second-order valence-corrected chi connectivity index (χ2v) is 9.43. The summed E-state index contributed by atoms with van der Waals surface area (Å²) < 4.78 is 16.8. The Morgan fingerprint density at radius 2 is 1.74 bits per heavy atom. The Labute approximate surface area is 223 Å². The molecule has 3 aromatic carbocycles. The maximum Gasteiger partial charge on any atom is 0.295 e. The molecule has 0 aliphatic carbocycles. The van der Waals surface area contributed by atoms with Gasteiger partial charge < -0.3 is 24.2 Å². The zero-order valence-electron chi connectivity index (χ0n) is 22.4.